The van der Waals surface area contributed by atoms with Crippen LogP contribution in [0.25, 0.3) is 0 Å². The predicted octanol–water partition coefficient (Wildman–Crippen LogP) is 9.95. The minimum Gasteiger partial charge on any atom is -0.458 e. The summed E-state index contributed by atoms with van der Waals surface area (Å²) in [5.74, 6) is 5.91. The molecule has 0 saturated heterocycles. The average Bonchev–Trinajstić information content (AvgIpc) is 3.52. The topological polar surface area (TPSA) is 26.3 Å². The van der Waals surface area contributed by atoms with Crippen LogP contribution in [-0.4, -0.2) is 12.1 Å². The van der Waals surface area contributed by atoms with Gasteiger partial charge < -0.3 is 4.74 Å². The van der Waals surface area contributed by atoms with E-state index < -0.39 is 0 Å². The molecule has 0 spiro atoms. The van der Waals surface area contributed by atoms with Crippen LogP contribution in [-0.2, 0) is 4.74 Å². The van der Waals surface area contributed by atoms with Crippen LogP contribution >= 0.6 is 11.3 Å². The van der Waals surface area contributed by atoms with Crippen molar-refractivity contribution in [3.63, 3.8) is 0 Å². The third-order valence-electron chi connectivity index (χ3n) is 12.3. The molecule has 5 rings (SSSR count). The van der Waals surface area contributed by atoms with Crippen LogP contribution in [0.4, 0.5) is 0 Å². The highest BCUT2D eigenvalue weighted by Gasteiger charge is 2.59. The first kappa shape index (κ1) is 27.5. The molecule has 1 aromatic heterocycles. The van der Waals surface area contributed by atoms with Crippen molar-refractivity contribution in [3.8, 4) is 0 Å². The highest BCUT2D eigenvalue weighted by Crippen LogP contribution is 2.67. The van der Waals surface area contributed by atoms with E-state index in [0.717, 1.165) is 54.3 Å². The SMILES string of the molecule is CC[C@H](CC[C@@H](C)[C@H]1CC[C@H]2[C@@H]3CC=C4C[C@@H](OC(=O)c5ccsc5)CC[C@]4(C)[C@H]3CC[C@]12C)C(C)C. The predicted molar refractivity (Wildman–Crippen MR) is 156 cm³/mol. The number of carbonyl (C=O) groups is 1. The Balaban J connectivity index is 1.25. The molecule has 2 nitrogen and oxygen atoms in total. The number of hydrogen-bond acceptors (Lipinski definition) is 3. The van der Waals surface area contributed by atoms with Gasteiger partial charge in [-0.05, 0) is 115 Å². The summed E-state index contributed by atoms with van der Waals surface area (Å²) < 4.78 is 5.98. The molecule has 3 heteroatoms. The van der Waals surface area contributed by atoms with E-state index in [-0.39, 0.29) is 12.1 Å². The Kier molecular flexibility index (Phi) is 8.03. The molecule has 0 radical (unpaired) electrons. The molecule has 0 aliphatic heterocycles. The molecule has 3 saturated carbocycles. The zero-order valence-electron chi connectivity index (χ0n) is 24.4. The summed E-state index contributed by atoms with van der Waals surface area (Å²) in [4.78, 5) is 12.6. The van der Waals surface area contributed by atoms with Gasteiger partial charge in [-0.2, -0.15) is 11.3 Å². The summed E-state index contributed by atoms with van der Waals surface area (Å²) in [7, 11) is 0. The number of fused-ring (bicyclic) bond motifs is 5. The van der Waals surface area contributed by atoms with Crippen molar-refractivity contribution in [2.45, 2.75) is 118 Å². The Hall–Kier alpha value is -1.09. The Morgan fingerprint density at radius 1 is 1.08 bits per heavy atom. The maximum Gasteiger partial charge on any atom is 0.339 e. The van der Waals surface area contributed by atoms with E-state index in [0.29, 0.717) is 16.4 Å². The van der Waals surface area contributed by atoms with Crippen LogP contribution < -0.4 is 0 Å². The molecule has 0 amide bonds. The van der Waals surface area contributed by atoms with Crippen molar-refractivity contribution in [1.29, 1.82) is 0 Å². The molecule has 37 heavy (non-hydrogen) atoms. The highest BCUT2D eigenvalue weighted by molar-refractivity contribution is 7.08. The quantitative estimate of drug-likeness (QED) is 0.250. The van der Waals surface area contributed by atoms with E-state index in [4.69, 9.17) is 4.74 Å². The Labute approximate surface area is 231 Å². The molecular formula is C34H52O2S. The van der Waals surface area contributed by atoms with Crippen LogP contribution in [0.1, 0.15) is 123 Å². The van der Waals surface area contributed by atoms with Gasteiger partial charge in [0.25, 0.3) is 0 Å². The third kappa shape index (κ3) is 5.01. The summed E-state index contributed by atoms with van der Waals surface area (Å²) >= 11 is 1.56. The first-order valence-corrected chi connectivity index (χ1v) is 16.5. The van der Waals surface area contributed by atoms with E-state index in [9.17, 15) is 4.79 Å². The van der Waals surface area contributed by atoms with Crippen LogP contribution in [0.2, 0.25) is 0 Å². The van der Waals surface area contributed by atoms with E-state index in [1.54, 1.807) is 16.9 Å². The van der Waals surface area contributed by atoms with Gasteiger partial charge in [-0.15, -0.1) is 0 Å². The standard InChI is InChI=1S/C34H52O2S/c1-7-24(22(2)3)9-8-23(4)29-12-13-30-28-11-10-26-20-27(36-32(35)25-16-19-37-21-25)14-17-33(26,5)31(28)15-18-34(29,30)6/h10,16,19,21-24,27-31H,7-9,11-15,17-18,20H2,1-6H3/t23-,24-,27+,28+,29-,30+,31+,33+,34-/m1/s1. The van der Waals surface area contributed by atoms with Gasteiger partial charge in [-0.25, -0.2) is 4.79 Å². The number of hydrogen-bond donors (Lipinski definition) is 0. The lowest BCUT2D eigenvalue weighted by Gasteiger charge is -2.58. The minimum absolute atomic E-state index is 0.0478. The monoisotopic (exact) mass is 524 g/mol. The number of esters is 1. The fourth-order valence-electron chi connectivity index (χ4n) is 9.99. The lowest BCUT2D eigenvalue weighted by Crippen LogP contribution is -2.51. The molecule has 0 bridgehead atoms. The van der Waals surface area contributed by atoms with E-state index >= 15 is 0 Å². The Morgan fingerprint density at radius 3 is 2.59 bits per heavy atom. The van der Waals surface area contributed by atoms with Crippen molar-refractivity contribution in [1.82, 2.24) is 0 Å². The van der Waals surface area contributed by atoms with Gasteiger partial charge in [0.15, 0.2) is 0 Å². The zero-order valence-corrected chi connectivity index (χ0v) is 25.2. The molecular weight excluding hydrogens is 472 g/mol. The summed E-state index contributed by atoms with van der Waals surface area (Å²) in [6, 6.07) is 1.88. The van der Waals surface area contributed by atoms with Gasteiger partial charge >= 0.3 is 5.97 Å². The van der Waals surface area contributed by atoms with Crippen molar-refractivity contribution in [2.75, 3.05) is 0 Å². The lowest BCUT2D eigenvalue weighted by molar-refractivity contribution is -0.0596. The number of ether oxygens (including phenoxy) is 1. The normalized spacial score (nSPS) is 38.8. The Bertz CT molecular complexity index is 962. The van der Waals surface area contributed by atoms with E-state index in [1.807, 2.05) is 16.8 Å². The molecule has 0 unspecified atom stereocenters. The summed E-state index contributed by atoms with van der Waals surface area (Å²) in [6.07, 6.45) is 17.0. The van der Waals surface area contributed by atoms with Crippen LogP contribution in [0, 0.1) is 52.3 Å². The number of carbonyl (C=O) groups excluding carboxylic acids is 1. The van der Waals surface area contributed by atoms with E-state index in [1.165, 1.54) is 57.8 Å². The second-order valence-corrected chi connectivity index (χ2v) is 15.0. The van der Waals surface area contributed by atoms with Crippen molar-refractivity contribution >= 4 is 17.3 Å². The second kappa shape index (κ2) is 10.8. The largest absolute Gasteiger partial charge is 0.458 e. The van der Waals surface area contributed by atoms with Crippen molar-refractivity contribution < 1.29 is 9.53 Å². The average molecular weight is 525 g/mol. The maximum atomic E-state index is 12.6. The number of allylic oxidation sites excluding steroid dienone is 1. The van der Waals surface area contributed by atoms with Crippen molar-refractivity contribution in [2.24, 2.45) is 52.3 Å². The van der Waals surface area contributed by atoms with Crippen molar-refractivity contribution in [3.05, 3.63) is 34.0 Å². The van der Waals surface area contributed by atoms with Crippen LogP contribution in [0.3, 0.4) is 0 Å². The van der Waals surface area contributed by atoms with Crippen LogP contribution in [0.15, 0.2) is 28.5 Å². The molecule has 0 aromatic carbocycles. The molecule has 1 heterocycles. The van der Waals surface area contributed by atoms with Crippen LogP contribution in [0.5, 0.6) is 0 Å². The first-order valence-electron chi connectivity index (χ1n) is 15.6. The number of thiophene rings is 1. The maximum absolute atomic E-state index is 12.6. The van der Waals surface area contributed by atoms with Gasteiger partial charge in [0, 0.05) is 11.8 Å². The van der Waals surface area contributed by atoms with Gasteiger partial charge in [-0.1, -0.05) is 66.0 Å². The number of rotatable bonds is 8. The molecule has 4 aliphatic rings. The lowest BCUT2D eigenvalue weighted by atomic mass is 9.47. The first-order chi connectivity index (χ1) is 17.7. The summed E-state index contributed by atoms with van der Waals surface area (Å²) in [5, 5.41) is 3.86. The molecule has 4 aliphatic carbocycles. The van der Waals surface area contributed by atoms with Gasteiger partial charge in [-0.3, -0.25) is 0 Å². The van der Waals surface area contributed by atoms with Gasteiger partial charge in [0.2, 0.25) is 0 Å². The third-order valence-corrected chi connectivity index (χ3v) is 13.0. The molecule has 3 fully saturated rings. The van der Waals surface area contributed by atoms with Gasteiger partial charge in [0.1, 0.15) is 6.10 Å². The Morgan fingerprint density at radius 2 is 1.89 bits per heavy atom. The minimum atomic E-state index is -0.137. The summed E-state index contributed by atoms with van der Waals surface area (Å²) in [5.41, 5.74) is 3.16. The zero-order chi connectivity index (χ0) is 26.4. The fraction of sp³-hybridized carbons (Fsp3) is 0.794. The molecule has 0 N–H and O–H groups in total. The molecule has 1 aromatic rings. The smallest absolute Gasteiger partial charge is 0.339 e. The van der Waals surface area contributed by atoms with E-state index in [2.05, 4.69) is 47.6 Å². The highest BCUT2D eigenvalue weighted by atomic mass is 32.1. The second-order valence-electron chi connectivity index (χ2n) is 14.2. The molecule has 9 atom stereocenters. The summed E-state index contributed by atoms with van der Waals surface area (Å²) in [6.45, 7) is 15.1. The van der Waals surface area contributed by atoms with Gasteiger partial charge in [0.05, 0.1) is 5.56 Å². The molecule has 206 valence electrons. The fourth-order valence-corrected chi connectivity index (χ4v) is 10.6.